The van der Waals surface area contributed by atoms with Crippen molar-refractivity contribution in [1.82, 2.24) is 9.21 Å². The molecule has 1 fully saturated rings. The van der Waals surface area contributed by atoms with Crippen LogP contribution in [0.5, 0.6) is 0 Å². The number of anilines is 2. The van der Waals surface area contributed by atoms with Gasteiger partial charge in [-0.1, -0.05) is 24.3 Å². The second-order valence-electron chi connectivity index (χ2n) is 7.61. The summed E-state index contributed by atoms with van der Waals surface area (Å²) in [5.41, 5.74) is 2.27. The Labute approximate surface area is 176 Å². The molecule has 0 spiro atoms. The molecular weight excluding hydrogens is 404 g/mol. The van der Waals surface area contributed by atoms with Crippen LogP contribution in [0.4, 0.5) is 11.4 Å². The van der Waals surface area contributed by atoms with Crippen molar-refractivity contribution in [1.29, 1.82) is 0 Å². The predicted octanol–water partition coefficient (Wildman–Crippen LogP) is 1.36. The Balaban J connectivity index is 1.49. The number of hydrogen-bond donors (Lipinski definition) is 1. The lowest BCUT2D eigenvalue weighted by Crippen LogP contribution is -2.47. The number of nitrogens with zero attached hydrogens (tertiary/aromatic N) is 3. The lowest BCUT2D eigenvalue weighted by Gasteiger charge is -2.31. The third-order valence-electron chi connectivity index (χ3n) is 5.42. The van der Waals surface area contributed by atoms with Gasteiger partial charge in [-0.2, -0.15) is 4.31 Å². The molecule has 0 radical (unpaired) electrons. The number of para-hydroxylation sites is 2. The largest absolute Gasteiger partial charge is 0.323 e. The minimum absolute atomic E-state index is 0.0601. The van der Waals surface area contributed by atoms with Crippen molar-refractivity contribution in [2.45, 2.75) is 5.75 Å². The molecule has 8 nitrogen and oxygen atoms in total. The van der Waals surface area contributed by atoms with Crippen LogP contribution in [0.15, 0.2) is 48.5 Å². The van der Waals surface area contributed by atoms with Crippen LogP contribution in [0.1, 0.15) is 15.9 Å². The Hall–Kier alpha value is -2.75. The summed E-state index contributed by atoms with van der Waals surface area (Å²) in [7, 11) is -1.43. The van der Waals surface area contributed by atoms with Gasteiger partial charge in [0.1, 0.15) is 6.54 Å². The monoisotopic (exact) mass is 428 g/mol. The number of carbonyl (C=O) groups excluding carboxylic acids is 2. The smallest absolute Gasteiger partial charge is 0.258 e. The highest BCUT2D eigenvalue weighted by Crippen LogP contribution is 2.30. The minimum atomic E-state index is -3.40. The quantitative estimate of drug-likeness (QED) is 0.794. The van der Waals surface area contributed by atoms with Gasteiger partial charge in [0.25, 0.3) is 5.91 Å². The second kappa shape index (κ2) is 8.17. The zero-order valence-corrected chi connectivity index (χ0v) is 17.6. The van der Waals surface area contributed by atoms with Crippen LogP contribution in [0.2, 0.25) is 0 Å². The topological polar surface area (TPSA) is 90.0 Å². The van der Waals surface area contributed by atoms with Crippen LogP contribution in [-0.2, 0) is 20.6 Å². The molecule has 1 N–H and O–H groups in total. The fraction of sp³-hybridized carbons (Fsp3) is 0.333. The van der Waals surface area contributed by atoms with Gasteiger partial charge in [-0.15, -0.1) is 0 Å². The summed E-state index contributed by atoms with van der Waals surface area (Å²) >= 11 is 0. The third-order valence-corrected chi connectivity index (χ3v) is 7.27. The van der Waals surface area contributed by atoms with Crippen molar-refractivity contribution in [3.63, 3.8) is 0 Å². The van der Waals surface area contributed by atoms with Crippen molar-refractivity contribution < 1.29 is 18.0 Å². The van der Waals surface area contributed by atoms with Crippen LogP contribution in [0.3, 0.4) is 0 Å². The lowest BCUT2D eigenvalue weighted by molar-refractivity contribution is -0.115. The normalized spacial score (nSPS) is 18.0. The Morgan fingerprint density at radius 1 is 1.00 bits per heavy atom. The summed E-state index contributed by atoms with van der Waals surface area (Å²) in [4.78, 5) is 28.5. The number of hydrogen-bond acceptors (Lipinski definition) is 5. The first-order valence-corrected chi connectivity index (χ1v) is 11.4. The molecule has 2 aliphatic heterocycles. The Bertz CT molecular complexity index is 1060. The number of sulfonamides is 1. The number of benzene rings is 2. The first kappa shape index (κ1) is 20.5. The molecule has 2 aromatic rings. The van der Waals surface area contributed by atoms with E-state index in [9.17, 15) is 18.0 Å². The summed E-state index contributed by atoms with van der Waals surface area (Å²) in [6.45, 7) is 2.36. The maximum absolute atomic E-state index is 13.0. The van der Waals surface area contributed by atoms with Gasteiger partial charge in [-0.25, -0.2) is 8.42 Å². The Morgan fingerprint density at radius 3 is 2.37 bits per heavy atom. The summed E-state index contributed by atoms with van der Waals surface area (Å²) in [5.74, 6) is -0.650. The molecule has 4 rings (SSSR count). The van der Waals surface area contributed by atoms with Crippen LogP contribution in [-0.4, -0.2) is 69.2 Å². The standard InChI is InChI=1S/C21H24N4O4S/c1-23-10-12-24(13-11-23)30(28,29)15-16-6-8-17(9-7-16)21(27)25-14-20(26)22-18-4-2-3-5-19(18)25/h2-9H,10-15H2,1H3,(H,22,26). The van der Waals surface area contributed by atoms with E-state index in [4.69, 9.17) is 0 Å². The molecule has 2 aliphatic rings. The van der Waals surface area contributed by atoms with Crippen molar-refractivity contribution in [2.24, 2.45) is 0 Å². The molecule has 2 aromatic carbocycles. The van der Waals surface area contributed by atoms with Gasteiger partial charge < -0.3 is 10.2 Å². The summed E-state index contributed by atoms with van der Waals surface area (Å²) in [6, 6.07) is 13.7. The van der Waals surface area contributed by atoms with Crippen LogP contribution in [0, 0.1) is 0 Å². The molecule has 0 bridgehead atoms. The van der Waals surface area contributed by atoms with E-state index in [-0.39, 0.29) is 24.1 Å². The second-order valence-corrected chi connectivity index (χ2v) is 9.58. The summed E-state index contributed by atoms with van der Waals surface area (Å²) in [5, 5.41) is 2.76. The van der Waals surface area contributed by atoms with E-state index in [1.807, 2.05) is 13.1 Å². The first-order chi connectivity index (χ1) is 14.3. The van der Waals surface area contributed by atoms with E-state index in [0.717, 1.165) is 13.1 Å². The molecule has 158 valence electrons. The zero-order chi connectivity index (χ0) is 21.3. The lowest BCUT2D eigenvalue weighted by atomic mass is 10.1. The van der Waals surface area contributed by atoms with E-state index in [1.165, 1.54) is 9.21 Å². The van der Waals surface area contributed by atoms with Gasteiger partial charge in [0.05, 0.1) is 17.1 Å². The minimum Gasteiger partial charge on any atom is -0.323 e. The predicted molar refractivity (Wildman–Crippen MR) is 115 cm³/mol. The summed E-state index contributed by atoms with van der Waals surface area (Å²) in [6.07, 6.45) is 0. The molecule has 9 heteroatoms. The molecule has 2 amide bonds. The van der Waals surface area contributed by atoms with E-state index < -0.39 is 10.0 Å². The molecule has 0 aromatic heterocycles. The molecule has 1 saturated heterocycles. The highest BCUT2D eigenvalue weighted by molar-refractivity contribution is 7.88. The van der Waals surface area contributed by atoms with E-state index >= 15 is 0 Å². The number of carbonyl (C=O) groups is 2. The fourth-order valence-electron chi connectivity index (χ4n) is 3.68. The summed E-state index contributed by atoms with van der Waals surface area (Å²) < 4.78 is 26.9. The van der Waals surface area contributed by atoms with Crippen LogP contribution in [0.25, 0.3) is 0 Å². The Kier molecular flexibility index (Phi) is 5.59. The highest BCUT2D eigenvalue weighted by Gasteiger charge is 2.28. The number of likely N-dealkylation sites (N-methyl/N-ethyl adjacent to an activating group) is 1. The molecular formula is C21H24N4O4S. The number of nitrogens with one attached hydrogen (secondary N) is 1. The van der Waals surface area contributed by atoms with E-state index in [1.54, 1.807) is 42.5 Å². The van der Waals surface area contributed by atoms with Crippen LogP contribution < -0.4 is 10.2 Å². The maximum Gasteiger partial charge on any atom is 0.258 e. The number of fused-ring (bicyclic) bond motifs is 1. The van der Waals surface area contributed by atoms with Gasteiger partial charge in [0.2, 0.25) is 15.9 Å². The van der Waals surface area contributed by atoms with E-state index in [2.05, 4.69) is 10.2 Å². The molecule has 0 aliphatic carbocycles. The molecule has 0 saturated carbocycles. The van der Waals surface area contributed by atoms with Gasteiger partial charge in [0.15, 0.2) is 0 Å². The average molecular weight is 429 g/mol. The molecule has 0 unspecified atom stereocenters. The van der Waals surface area contributed by atoms with Crippen molar-refractivity contribution in [2.75, 3.05) is 50.0 Å². The maximum atomic E-state index is 13.0. The molecule has 0 atom stereocenters. The van der Waals surface area contributed by atoms with E-state index in [0.29, 0.717) is 35.6 Å². The first-order valence-electron chi connectivity index (χ1n) is 9.79. The van der Waals surface area contributed by atoms with Crippen molar-refractivity contribution in [3.8, 4) is 0 Å². The van der Waals surface area contributed by atoms with Crippen molar-refractivity contribution in [3.05, 3.63) is 59.7 Å². The van der Waals surface area contributed by atoms with Gasteiger partial charge in [-0.05, 0) is 36.9 Å². The Morgan fingerprint density at radius 2 is 1.67 bits per heavy atom. The molecule has 2 heterocycles. The SMILES string of the molecule is CN1CCN(S(=O)(=O)Cc2ccc(C(=O)N3CC(=O)Nc4ccccc43)cc2)CC1. The number of amides is 2. The highest BCUT2D eigenvalue weighted by atomic mass is 32.2. The zero-order valence-electron chi connectivity index (χ0n) is 16.7. The third kappa shape index (κ3) is 4.23. The fourth-order valence-corrected chi connectivity index (χ4v) is 5.20. The van der Waals surface area contributed by atoms with Gasteiger partial charge >= 0.3 is 0 Å². The van der Waals surface area contributed by atoms with Gasteiger partial charge in [0, 0.05) is 31.7 Å². The van der Waals surface area contributed by atoms with Gasteiger partial charge in [-0.3, -0.25) is 14.5 Å². The number of piperazine rings is 1. The molecule has 30 heavy (non-hydrogen) atoms. The van der Waals surface area contributed by atoms with Crippen LogP contribution >= 0.6 is 0 Å². The number of rotatable bonds is 4. The van der Waals surface area contributed by atoms with Crippen molar-refractivity contribution >= 4 is 33.2 Å². The average Bonchev–Trinajstić information content (AvgIpc) is 2.73.